The van der Waals surface area contributed by atoms with Crippen molar-refractivity contribution in [3.8, 4) is 0 Å². The summed E-state index contributed by atoms with van der Waals surface area (Å²) in [6.45, 7) is 5.54. The van der Waals surface area contributed by atoms with Crippen LogP contribution in [-0.4, -0.2) is 57.8 Å². The lowest BCUT2D eigenvalue weighted by atomic mass is 10.1. The Kier molecular flexibility index (Phi) is 7.75. The summed E-state index contributed by atoms with van der Waals surface area (Å²) in [4.78, 5) is 34.7. The van der Waals surface area contributed by atoms with Crippen molar-refractivity contribution in [2.75, 3.05) is 26.2 Å². The van der Waals surface area contributed by atoms with Crippen LogP contribution in [0.4, 0.5) is 4.39 Å². The predicted octanol–water partition coefficient (Wildman–Crippen LogP) is 4.80. The van der Waals surface area contributed by atoms with E-state index in [2.05, 4.69) is 9.97 Å². The summed E-state index contributed by atoms with van der Waals surface area (Å²) in [7, 11) is 0. The fourth-order valence-electron chi connectivity index (χ4n) is 4.25. The van der Waals surface area contributed by atoms with Gasteiger partial charge >= 0.3 is 0 Å². The average Bonchev–Trinajstić information content (AvgIpc) is 3.48. The SMILES string of the molecule is CCc1ccc(F)c2[nH]c(C(=O)N3CCC3)cc12.O=C(CCc1nccs1)N1CCCCC1. The third kappa shape index (κ3) is 5.61. The molecule has 0 radical (unpaired) electrons. The molecule has 0 spiro atoms. The molecule has 8 heteroatoms. The second-order valence-electron chi connectivity index (χ2n) is 8.54. The van der Waals surface area contributed by atoms with Crippen molar-refractivity contribution in [3.05, 3.63) is 51.9 Å². The molecule has 3 aromatic rings. The molecule has 33 heavy (non-hydrogen) atoms. The van der Waals surface area contributed by atoms with Crippen molar-refractivity contribution in [3.63, 3.8) is 0 Å². The minimum Gasteiger partial charge on any atom is -0.348 e. The van der Waals surface area contributed by atoms with Crippen LogP contribution in [0.5, 0.6) is 0 Å². The number of hydrogen-bond donors (Lipinski definition) is 1. The number of aromatic nitrogens is 2. The van der Waals surface area contributed by atoms with Gasteiger partial charge in [-0.3, -0.25) is 9.59 Å². The number of nitrogens with zero attached hydrogens (tertiary/aromatic N) is 3. The van der Waals surface area contributed by atoms with Crippen LogP contribution in [0.25, 0.3) is 10.9 Å². The normalized spacial score (nSPS) is 15.7. The maximum Gasteiger partial charge on any atom is 0.270 e. The largest absolute Gasteiger partial charge is 0.348 e. The van der Waals surface area contributed by atoms with E-state index < -0.39 is 0 Å². The Morgan fingerprint density at radius 2 is 1.85 bits per heavy atom. The molecule has 0 atom stereocenters. The molecule has 0 bridgehead atoms. The molecule has 0 saturated carbocycles. The van der Waals surface area contributed by atoms with Crippen molar-refractivity contribution >= 4 is 34.1 Å². The van der Waals surface area contributed by atoms with Gasteiger partial charge in [0.15, 0.2) is 0 Å². The lowest BCUT2D eigenvalue weighted by Gasteiger charge is -2.30. The smallest absolute Gasteiger partial charge is 0.270 e. The zero-order chi connectivity index (χ0) is 23.2. The summed E-state index contributed by atoms with van der Waals surface area (Å²) >= 11 is 1.63. The van der Waals surface area contributed by atoms with Crippen LogP contribution < -0.4 is 0 Å². The van der Waals surface area contributed by atoms with E-state index in [1.807, 2.05) is 17.2 Å². The molecule has 6 nitrogen and oxygen atoms in total. The number of rotatable bonds is 5. The number of halogens is 1. The Hall–Kier alpha value is -2.74. The highest BCUT2D eigenvalue weighted by atomic mass is 32.1. The van der Waals surface area contributed by atoms with E-state index in [1.165, 1.54) is 25.3 Å². The first-order valence-electron chi connectivity index (χ1n) is 11.8. The van der Waals surface area contributed by atoms with Crippen molar-refractivity contribution in [1.82, 2.24) is 19.8 Å². The first kappa shape index (κ1) is 23.4. The number of amides is 2. The third-order valence-corrected chi connectivity index (χ3v) is 7.17. The lowest BCUT2D eigenvalue weighted by Crippen LogP contribution is -2.42. The van der Waals surface area contributed by atoms with E-state index in [9.17, 15) is 14.0 Å². The van der Waals surface area contributed by atoms with Crippen LogP contribution in [0, 0.1) is 5.82 Å². The van der Waals surface area contributed by atoms with Crippen molar-refractivity contribution in [1.29, 1.82) is 0 Å². The van der Waals surface area contributed by atoms with Crippen LogP contribution in [0.3, 0.4) is 0 Å². The number of carbonyl (C=O) groups is 2. The quantitative estimate of drug-likeness (QED) is 0.582. The van der Waals surface area contributed by atoms with Gasteiger partial charge in [0.25, 0.3) is 5.91 Å². The number of aryl methyl sites for hydroxylation is 2. The fraction of sp³-hybridized carbons (Fsp3) is 0.480. The van der Waals surface area contributed by atoms with Crippen LogP contribution in [-0.2, 0) is 17.6 Å². The van der Waals surface area contributed by atoms with Gasteiger partial charge < -0.3 is 14.8 Å². The van der Waals surface area contributed by atoms with E-state index in [1.54, 1.807) is 34.6 Å². The molecule has 0 unspecified atom stereocenters. The molecule has 4 heterocycles. The maximum atomic E-state index is 13.7. The molecule has 2 amide bonds. The number of H-pyrrole nitrogens is 1. The second kappa shape index (κ2) is 10.9. The molecule has 2 fully saturated rings. The van der Waals surface area contributed by atoms with Crippen molar-refractivity contribution in [2.45, 2.75) is 51.9 Å². The Morgan fingerprint density at radius 1 is 1.09 bits per heavy atom. The number of nitrogens with one attached hydrogen (secondary N) is 1. The van der Waals surface area contributed by atoms with Gasteiger partial charge in [0, 0.05) is 56.0 Å². The standard InChI is InChI=1S/C14H15FN2O.C11H16N2OS/c1-2-9-4-5-11(15)13-10(9)8-12(16-13)14(18)17-6-3-7-17;14-11(13-7-2-1-3-8-13)5-4-10-12-6-9-15-10/h4-5,8,16H,2-3,6-7H2,1H3;6,9H,1-5,7-8H2. The Morgan fingerprint density at radius 3 is 2.48 bits per heavy atom. The Balaban J connectivity index is 0.000000160. The average molecular weight is 471 g/mol. The van der Waals surface area contributed by atoms with Crippen molar-refractivity contribution in [2.24, 2.45) is 0 Å². The number of fused-ring (bicyclic) bond motifs is 1. The van der Waals surface area contributed by atoms with Gasteiger partial charge in [-0.15, -0.1) is 11.3 Å². The first-order chi connectivity index (χ1) is 16.1. The predicted molar refractivity (Wildman–Crippen MR) is 129 cm³/mol. The lowest BCUT2D eigenvalue weighted by molar-refractivity contribution is -0.132. The number of thiazole rings is 1. The van der Waals surface area contributed by atoms with Gasteiger partial charge in [0.1, 0.15) is 11.5 Å². The topological polar surface area (TPSA) is 69.3 Å². The van der Waals surface area contributed by atoms with Crippen LogP contribution in [0.2, 0.25) is 0 Å². The molecule has 176 valence electrons. The van der Waals surface area contributed by atoms with E-state index in [0.717, 1.165) is 61.4 Å². The number of carbonyl (C=O) groups excluding carboxylic acids is 2. The van der Waals surface area contributed by atoms with Gasteiger partial charge in [-0.1, -0.05) is 13.0 Å². The van der Waals surface area contributed by atoms with Gasteiger partial charge in [0.05, 0.1) is 10.5 Å². The van der Waals surface area contributed by atoms with Gasteiger partial charge in [-0.25, -0.2) is 9.37 Å². The monoisotopic (exact) mass is 470 g/mol. The van der Waals surface area contributed by atoms with Crippen LogP contribution in [0.1, 0.15) is 60.1 Å². The number of likely N-dealkylation sites (tertiary alicyclic amines) is 2. The minimum atomic E-state index is -0.301. The maximum absolute atomic E-state index is 13.7. The Bertz CT molecular complexity index is 1090. The summed E-state index contributed by atoms with van der Waals surface area (Å²) in [5.74, 6) is -0.0336. The van der Waals surface area contributed by atoms with Crippen LogP contribution >= 0.6 is 11.3 Å². The number of benzene rings is 1. The first-order valence-corrected chi connectivity index (χ1v) is 12.7. The molecule has 1 N–H and O–H groups in total. The summed E-state index contributed by atoms with van der Waals surface area (Å²) in [6.07, 6.45) is 8.71. The molecule has 0 aliphatic carbocycles. The van der Waals surface area contributed by atoms with Gasteiger partial charge in [-0.2, -0.15) is 0 Å². The van der Waals surface area contributed by atoms with E-state index >= 15 is 0 Å². The van der Waals surface area contributed by atoms with Gasteiger partial charge in [-0.05, 0) is 49.8 Å². The van der Waals surface area contributed by atoms with E-state index in [0.29, 0.717) is 23.5 Å². The molecule has 2 saturated heterocycles. The summed E-state index contributed by atoms with van der Waals surface area (Å²) < 4.78 is 13.7. The van der Waals surface area contributed by atoms with Gasteiger partial charge in [0.2, 0.25) is 5.91 Å². The van der Waals surface area contributed by atoms with E-state index in [-0.39, 0.29) is 11.7 Å². The molecule has 1 aromatic carbocycles. The number of aromatic amines is 1. The molecule has 2 aromatic heterocycles. The molecular weight excluding hydrogens is 439 g/mol. The fourth-order valence-corrected chi connectivity index (χ4v) is 4.87. The molecule has 2 aliphatic rings. The minimum absolute atomic E-state index is 0.0288. The number of hydrogen-bond acceptors (Lipinski definition) is 4. The second-order valence-corrected chi connectivity index (χ2v) is 9.52. The highest BCUT2D eigenvalue weighted by Gasteiger charge is 2.23. The summed E-state index contributed by atoms with van der Waals surface area (Å²) in [6, 6.07) is 5.01. The molecular formula is C25H31FN4O2S. The van der Waals surface area contributed by atoms with Crippen LogP contribution in [0.15, 0.2) is 29.8 Å². The van der Waals surface area contributed by atoms with Crippen molar-refractivity contribution < 1.29 is 14.0 Å². The molecule has 5 rings (SSSR count). The highest BCUT2D eigenvalue weighted by Crippen LogP contribution is 2.25. The zero-order valence-corrected chi connectivity index (χ0v) is 19.9. The molecule has 2 aliphatic heterocycles. The van der Waals surface area contributed by atoms with E-state index in [4.69, 9.17) is 0 Å². The highest BCUT2D eigenvalue weighted by molar-refractivity contribution is 7.09. The third-order valence-electron chi connectivity index (χ3n) is 6.33. The zero-order valence-electron chi connectivity index (χ0n) is 19.1. The Labute approximate surface area is 197 Å². The number of piperidine rings is 1. The summed E-state index contributed by atoms with van der Waals surface area (Å²) in [5, 5.41) is 3.85. The summed E-state index contributed by atoms with van der Waals surface area (Å²) in [5.41, 5.74) is 1.99.